The molecule has 0 aliphatic rings. The normalized spacial score (nSPS) is 11.4. The Kier molecular flexibility index (Phi) is 8.45. The summed E-state index contributed by atoms with van der Waals surface area (Å²) in [7, 11) is 0. The van der Waals surface area contributed by atoms with Crippen molar-refractivity contribution in [3.63, 3.8) is 0 Å². The molecular weight excluding hydrogens is 519 g/mol. The third kappa shape index (κ3) is 6.64. The lowest BCUT2D eigenvalue weighted by Crippen LogP contribution is -2.16. The van der Waals surface area contributed by atoms with Gasteiger partial charge in [-0.15, -0.1) is 16.8 Å². The van der Waals surface area contributed by atoms with E-state index in [4.69, 9.17) is 27.9 Å². The molecule has 0 saturated carbocycles. The lowest BCUT2D eigenvalue weighted by atomic mass is 10.2. The van der Waals surface area contributed by atoms with Gasteiger partial charge in [-0.3, -0.25) is 9.36 Å². The van der Waals surface area contributed by atoms with Gasteiger partial charge in [0.05, 0.1) is 27.0 Å². The maximum absolute atomic E-state index is 13.2. The molecule has 0 aliphatic carbocycles. The molecule has 0 saturated heterocycles. The second-order valence-corrected chi connectivity index (χ2v) is 8.45. The topological polar surface area (TPSA) is 69.0 Å². The number of ether oxygens (including phenoxy) is 1. The zero-order chi connectivity index (χ0) is 24.9. The number of alkyl halides is 3. The molecule has 0 atom stereocenters. The molecule has 0 unspecified atom stereocenters. The van der Waals surface area contributed by atoms with Crippen molar-refractivity contribution in [2.75, 3.05) is 11.1 Å². The van der Waals surface area contributed by atoms with Crippen molar-refractivity contribution in [3.8, 4) is 5.75 Å². The van der Waals surface area contributed by atoms with Crippen LogP contribution in [-0.4, -0.2) is 26.4 Å². The largest absolute Gasteiger partial charge is 0.484 e. The first-order valence-electron chi connectivity index (χ1n) is 9.48. The third-order valence-electron chi connectivity index (χ3n) is 4.26. The molecule has 1 heterocycles. The summed E-state index contributed by atoms with van der Waals surface area (Å²) in [5.74, 6) is -0.621. The highest BCUT2D eigenvalue weighted by Gasteiger charge is 2.31. The number of hydrogen-bond acceptors (Lipinski definition) is 5. The number of halogens is 6. The summed E-state index contributed by atoms with van der Waals surface area (Å²) < 4.78 is 59.2. The average molecular weight is 535 g/mol. The number of nitrogens with zero attached hydrogens (tertiary/aromatic N) is 3. The Bertz CT molecular complexity index is 1200. The first-order valence-corrected chi connectivity index (χ1v) is 11.2. The van der Waals surface area contributed by atoms with Gasteiger partial charge in [0.25, 0.3) is 0 Å². The zero-order valence-electron chi connectivity index (χ0n) is 17.2. The van der Waals surface area contributed by atoms with Gasteiger partial charge < -0.3 is 10.1 Å². The lowest BCUT2D eigenvalue weighted by Gasteiger charge is -2.12. The molecule has 1 amide bonds. The van der Waals surface area contributed by atoms with Crippen LogP contribution in [0.2, 0.25) is 10.0 Å². The van der Waals surface area contributed by atoms with Crippen molar-refractivity contribution in [1.29, 1.82) is 0 Å². The predicted molar refractivity (Wildman–Crippen MR) is 122 cm³/mol. The molecule has 6 nitrogen and oxygen atoms in total. The van der Waals surface area contributed by atoms with Crippen molar-refractivity contribution < 1.29 is 27.1 Å². The van der Waals surface area contributed by atoms with E-state index >= 15 is 0 Å². The molecule has 0 radical (unpaired) electrons. The van der Waals surface area contributed by atoms with Crippen LogP contribution < -0.4 is 10.1 Å². The summed E-state index contributed by atoms with van der Waals surface area (Å²) in [6.45, 7) is 3.93. The monoisotopic (exact) mass is 534 g/mol. The number of carbonyl (C=O) groups excluding carboxylic acids is 1. The fraction of sp³-hybridized carbons (Fsp3) is 0.190. The molecule has 0 bridgehead atoms. The Hall–Kier alpha value is -2.76. The van der Waals surface area contributed by atoms with E-state index < -0.39 is 23.5 Å². The quantitative estimate of drug-likeness (QED) is 0.200. The highest BCUT2D eigenvalue weighted by atomic mass is 35.5. The van der Waals surface area contributed by atoms with E-state index in [2.05, 4.69) is 22.1 Å². The maximum Gasteiger partial charge on any atom is 0.416 e. The van der Waals surface area contributed by atoms with E-state index in [0.717, 1.165) is 36.0 Å². The molecule has 180 valence electrons. The average Bonchev–Trinajstić information content (AvgIpc) is 3.14. The van der Waals surface area contributed by atoms with Crippen molar-refractivity contribution >= 4 is 46.6 Å². The summed E-state index contributed by atoms with van der Waals surface area (Å²) in [6, 6.07) is 6.35. The number of rotatable bonds is 9. The summed E-state index contributed by atoms with van der Waals surface area (Å²) in [5, 5.41) is 10.9. The molecule has 2 aromatic carbocycles. The van der Waals surface area contributed by atoms with E-state index in [1.807, 2.05) is 0 Å². The molecule has 34 heavy (non-hydrogen) atoms. The van der Waals surface area contributed by atoms with Crippen LogP contribution >= 0.6 is 35.0 Å². The van der Waals surface area contributed by atoms with Gasteiger partial charge in [0.1, 0.15) is 18.2 Å². The van der Waals surface area contributed by atoms with Crippen LogP contribution in [0.5, 0.6) is 5.75 Å². The third-order valence-corrected chi connectivity index (χ3v) is 5.85. The van der Waals surface area contributed by atoms with Gasteiger partial charge >= 0.3 is 6.18 Å². The highest BCUT2D eigenvalue weighted by Crippen LogP contribution is 2.34. The molecule has 1 N–H and O–H groups in total. The maximum atomic E-state index is 13.2. The minimum Gasteiger partial charge on any atom is -0.484 e. The SMILES string of the molecule is C=CCn1c(COc2ccc(F)cc2Cl)nnc1SCC(=O)Nc1cc(C(F)(F)F)ccc1Cl. The second-order valence-electron chi connectivity index (χ2n) is 6.69. The summed E-state index contributed by atoms with van der Waals surface area (Å²) in [4.78, 5) is 12.3. The fourth-order valence-electron chi connectivity index (χ4n) is 2.69. The molecule has 1 aromatic heterocycles. The second kappa shape index (κ2) is 11.1. The van der Waals surface area contributed by atoms with E-state index in [9.17, 15) is 22.4 Å². The molecule has 3 rings (SSSR count). The molecule has 3 aromatic rings. The summed E-state index contributed by atoms with van der Waals surface area (Å²) in [6.07, 6.45) is -2.99. The lowest BCUT2D eigenvalue weighted by molar-refractivity contribution is -0.137. The number of anilines is 1. The molecular formula is C21H16Cl2F4N4O2S. The molecule has 13 heteroatoms. The number of thioether (sulfide) groups is 1. The number of hydrogen-bond donors (Lipinski definition) is 1. The van der Waals surface area contributed by atoms with Gasteiger partial charge in [-0.2, -0.15) is 13.2 Å². The Morgan fingerprint density at radius 1 is 1.18 bits per heavy atom. The van der Waals surface area contributed by atoms with Crippen molar-refractivity contribution in [2.45, 2.75) is 24.5 Å². The van der Waals surface area contributed by atoms with Crippen LogP contribution in [0.4, 0.5) is 23.2 Å². The number of amides is 1. The van der Waals surface area contributed by atoms with Gasteiger partial charge in [-0.1, -0.05) is 41.0 Å². The van der Waals surface area contributed by atoms with Crippen LogP contribution in [0.15, 0.2) is 54.2 Å². The van der Waals surface area contributed by atoms with E-state index in [1.54, 1.807) is 10.6 Å². The first-order chi connectivity index (χ1) is 16.1. The van der Waals surface area contributed by atoms with Crippen molar-refractivity contribution in [1.82, 2.24) is 14.8 Å². The number of benzene rings is 2. The van der Waals surface area contributed by atoms with Crippen molar-refractivity contribution in [3.05, 3.63) is 76.3 Å². The first kappa shape index (κ1) is 25.9. The van der Waals surface area contributed by atoms with Gasteiger partial charge in [-0.25, -0.2) is 4.39 Å². The van der Waals surface area contributed by atoms with Gasteiger partial charge in [0, 0.05) is 6.54 Å². The van der Waals surface area contributed by atoms with E-state index in [0.29, 0.717) is 17.5 Å². The smallest absolute Gasteiger partial charge is 0.416 e. The Labute approximate surface area is 205 Å². The van der Waals surface area contributed by atoms with Crippen LogP contribution in [0, 0.1) is 5.82 Å². The fourth-order valence-corrected chi connectivity index (χ4v) is 3.85. The number of nitrogens with one attached hydrogen (secondary N) is 1. The highest BCUT2D eigenvalue weighted by molar-refractivity contribution is 7.99. The Morgan fingerprint density at radius 2 is 1.94 bits per heavy atom. The predicted octanol–water partition coefficient (Wildman–Crippen LogP) is 6.24. The van der Waals surface area contributed by atoms with Crippen LogP contribution in [0.1, 0.15) is 11.4 Å². The standard InChI is InChI=1S/C21H16Cl2F4N4O2S/c1-2-7-31-18(10-33-17-6-4-13(24)9-15(17)23)29-30-20(31)34-11-19(32)28-16-8-12(21(25,26)27)3-5-14(16)22/h2-6,8-9H,1,7,10-11H2,(H,28,32). The summed E-state index contributed by atoms with van der Waals surface area (Å²) >= 11 is 12.9. The van der Waals surface area contributed by atoms with Crippen molar-refractivity contribution in [2.24, 2.45) is 0 Å². The van der Waals surface area contributed by atoms with Crippen LogP contribution in [0.3, 0.4) is 0 Å². The Balaban J connectivity index is 1.66. The number of aromatic nitrogens is 3. The van der Waals surface area contributed by atoms with E-state index in [-0.39, 0.29) is 33.8 Å². The molecule has 0 spiro atoms. The van der Waals surface area contributed by atoms with Gasteiger partial charge in [0.2, 0.25) is 5.91 Å². The minimum atomic E-state index is -4.57. The van der Waals surface area contributed by atoms with Gasteiger partial charge in [0.15, 0.2) is 11.0 Å². The zero-order valence-corrected chi connectivity index (χ0v) is 19.5. The van der Waals surface area contributed by atoms with E-state index in [1.165, 1.54) is 12.1 Å². The van der Waals surface area contributed by atoms with Crippen LogP contribution in [0.25, 0.3) is 0 Å². The Morgan fingerprint density at radius 3 is 2.62 bits per heavy atom. The number of carbonyl (C=O) groups is 1. The molecule has 0 fully saturated rings. The van der Waals surface area contributed by atoms with Gasteiger partial charge in [-0.05, 0) is 36.4 Å². The number of allylic oxidation sites excluding steroid dienone is 1. The van der Waals surface area contributed by atoms with Crippen LogP contribution in [-0.2, 0) is 24.1 Å². The summed E-state index contributed by atoms with van der Waals surface area (Å²) in [5.41, 5.74) is -1.09. The molecule has 0 aliphatic heterocycles. The minimum absolute atomic E-state index is 0.0277.